The second kappa shape index (κ2) is 2.60. The Bertz CT molecular complexity index is 216. The fourth-order valence-electron chi connectivity index (χ4n) is 0.537. The second-order valence-electron chi connectivity index (χ2n) is 2.27. The maximum Gasteiger partial charge on any atom is 0.238 e. The predicted molar refractivity (Wildman–Crippen MR) is 33.5 cm³/mol. The fourth-order valence-corrected chi connectivity index (χ4v) is 0.537. The van der Waals surface area contributed by atoms with Crippen molar-refractivity contribution in [2.75, 3.05) is 0 Å². The number of hydrogen-bond acceptors (Lipinski definition) is 4. The molecule has 0 radical (unpaired) electrons. The number of carbonyl (C=O) groups excluding carboxylic acids is 1. The monoisotopic (exact) mass is 140 g/mol. The Hall–Kier alpha value is -1.19. The molecule has 0 fully saturated rings. The van der Waals surface area contributed by atoms with Crippen LogP contribution in [0.15, 0.2) is 10.9 Å². The topological polar surface area (TPSA) is 56.0 Å². The summed E-state index contributed by atoms with van der Waals surface area (Å²) in [5, 5.41) is 3.40. The molecule has 0 bridgehead atoms. The number of carbonyl (C=O) groups is 1. The first-order valence-corrected chi connectivity index (χ1v) is 3.02. The Morgan fingerprint density at radius 1 is 1.70 bits per heavy atom. The molecule has 4 heteroatoms. The summed E-state index contributed by atoms with van der Waals surface area (Å²) in [7, 11) is 0. The number of ketones is 1. The van der Waals surface area contributed by atoms with Crippen molar-refractivity contribution < 1.29 is 9.32 Å². The molecule has 0 saturated carbocycles. The molecule has 0 unspecified atom stereocenters. The lowest BCUT2D eigenvalue weighted by Crippen LogP contribution is -2.08. The van der Waals surface area contributed by atoms with E-state index < -0.39 is 0 Å². The van der Waals surface area contributed by atoms with Gasteiger partial charge in [-0.25, -0.2) is 0 Å². The van der Waals surface area contributed by atoms with Crippen LogP contribution in [0.1, 0.15) is 24.5 Å². The van der Waals surface area contributed by atoms with E-state index in [2.05, 4.69) is 14.7 Å². The van der Waals surface area contributed by atoms with Crippen LogP contribution in [0, 0.1) is 5.92 Å². The predicted octanol–water partition coefficient (Wildman–Crippen LogP) is 0.908. The summed E-state index contributed by atoms with van der Waals surface area (Å²) in [5.41, 5.74) is 0. The summed E-state index contributed by atoms with van der Waals surface area (Å²) in [4.78, 5) is 14.6. The molecule has 10 heavy (non-hydrogen) atoms. The minimum absolute atomic E-state index is 0.0717. The van der Waals surface area contributed by atoms with Crippen molar-refractivity contribution >= 4 is 5.78 Å². The minimum Gasteiger partial charge on any atom is -0.342 e. The summed E-state index contributed by atoms with van der Waals surface area (Å²) in [6.45, 7) is 3.58. The molecule has 1 rings (SSSR count). The quantitative estimate of drug-likeness (QED) is 0.573. The van der Waals surface area contributed by atoms with Crippen LogP contribution in [-0.2, 0) is 0 Å². The fraction of sp³-hybridized carbons (Fsp3) is 0.500. The smallest absolute Gasteiger partial charge is 0.238 e. The lowest BCUT2D eigenvalue weighted by atomic mass is 10.1. The van der Waals surface area contributed by atoms with E-state index in [-0.39, 0.29) is 17.5 Å². The molecule has 1 heterocycles. The first kappa shape index (κ1) is 6.92. The molecule has 1 aromatic heterocycles. The van der Waals surface area contributed by atoms with Gasteiger partial charge in [-0.1, -0.05) is 19.0 Å². The summed E-state index contributed by atoms with van der Waals surface area (Å²) < 4.78 is 4.40. The standard InChI is InChI=1S/C6H8N2O2/c1-4(2)5(9)6-7-3-10-8-6/h3-4H,1-2H3. The molecular weight excluding hydrogens is 132 g/mol. The largest absolute Gasteiger partial charge is 0.342 e. The second-order valence-corrected chi connectivity index (χ2v) is 2.27. The highest BCUT2D eigenvalue weighted by molar-refractivity contribution is 5.93. The lowest BCUT2D eigenvalue weighted by Gasteiger charge is -1.95. The van der Waals surface area contributed by atoms with E-state index in [0.717, 1.165) is 6.39 Å². The van der Waals surface area contributed by atoms with Gasteiger partial charge in [0.15, 0.2) is 0 Å². The highest BCUT2D eigenvalue weighted by Gasteiger charge is 2.13. The van der Waals surface area contributed by atoms with Gasteiger partial charge in [-0.05, 0) is 0 Å². The van der Waals surface area contributed by atoms with E-state index in [4.69, 9.17) is 0 Å². The molecule has 0 aliphatic heterocycles. The van der Waals surface area contributed by atoms with Gasteiger partial charge in [0.2, 0.25) is 18.0 Å². The van der Waals surface area contributed by atoms with E-state index in [1.54, 1.807) is 13.8 Å². The van der Waals surface area contributed by atoms with Crippen LogP contribution in [0.2, 0.25) is 0 Å². The first-order chi connectivity index (χ1) is 4.72. The highest BCUT2D eigenvalue weighted by Crippen LogP contribution is 2.01. The minimum atomic E-state index is -0.0891. The third-order valence-electron chi connectivity index (χ3n) is 1.11. The molecule has 54 valence electrons. The first-order valence-electron chi connectivity index (χ1n) is 3.02. The Labute approximate surface area is 58.2 Å². The van der Waals surface area contributed by atoms with Crippen molar-refractivity contribution in [2.45, 2.75) is 13.8 Å². The van der Waals surface area contributed by atoms with Crippen LogP contribution < -0.4 is 0 Å². The molecule has 0 amide bonds. The Morgan fingerprint density at radius 2 is 2.40 bits per heavy atom. The zero-order valence-corrected chi connectivity index (χ0v) is 5.87. The third-order valence-corrected chi connectivity index (χ3v) is 1.11. The van der Waals surface area contributed by atoms with Gasteiger partial charge in [0, 0.05) is 5.92 Å². The number of hydrogen-bond donors (Lipinski definition) is 0. The van der Waals surface area contributed by atoms with Crippen molar-refractivity contribution in [3.63, 3.8) is 0 Å². The molecule has 0 aliphatic carbocycles. The van der Waals surface area contributed by atoms with Crippen LogP contribution in [0.3, 0.4) is 0 Å². The molecule has 0 saturated heterocycles. The zero-order chi connectivity index (χ0) is 7.56. The van der Waals surface area contributed by atoms with Gasteiger partial charge in [0.25, 0.3) is 0 Å². The summed E-state index contributed by atoms with van der Waals surface area (Å²) in [5.74, 6) is 0.00125. The number of Topliss-reactive ketones (excluding diaryl/α,β-unsaturated/α-hetero) is 1. The molecule has 0 aromatic carbocycles. The van der Waals surface area contributed by atoms with E-state index in [1.807, 2.05) is 0 Å². The van der Waals surface area contributed by atoms with Gasteiger partial charge < -0.3 is 4.52 Å². The van der Waals surface area contributed by atoms with Gasteiger partial charge in [-0.2, -0.15) is 4.98 Å². The van der Waals surface area contributed by atoms with Crippen molar-refractivity contribution in [3.8, 4) is 0 Å². The van der Waals surface area contributed by atoms with Crippen LogP contribution in [0.4, 0.5) is 0 Å². The van der Waals surface area contributed by atoms with E-state index in [9.17, 15) is 4.79 Å². The Morgan fingerprint density at radius 3 is 2.80 bits per heavy atom. The Kier molecular flexibility index (Phi) is 1.80. The molecule has 4 nitrogen and oxygen atoms in total. The van der Waals surface area contributed by atoms with Gasteiger partial charge in [0.1, 0.15) is 0 Å². The van der Waals surface area contributed by atoms with E-state index >= 15 is 0 Å². The van der Waals surface area contributed by atoms with Crippen molar-refractivity contribution in [1.82, 2.24) is 10.1 Å². The number of nitrogens with zero attached hydrogens (tertiary/aromatic N) is 2. The van der Waals surface area contributed by atoms with E-state index in [1.165, 1.54) is 0 Å². The van der Waals surface area contributed by atoms with Crippen molar-refractivity contribution in [2.24, 2.45) is 5.92 Å². The van der Waals surface area contributed by atoms with Gasteiger partial charge in [-0.15, -0.1) is 0 Å². The Balaban J connectivity index is 2.78. The maximum atomic E-state index is 11.0. The van der Waals surface area contributed by atoms with Crippen LogP contribution in [0.5, 0.6) is 0 Å². The summed E-state index contributed by atoms with van der Waals surface area (Å²) in [6.07, 6.45) is 1.15. The number of rotatable bonds is 2. The average molecular weight is 140 g/mol. The van der Waals surface area contributed by atoms with Gasteiger partial charge >= 0.3 is 0 Å². The molecule has 0 spiro atoms. The molecule has 1 aromatic rings. The molecule has 0 aliphatic rings. The molecular formula is C6H8N2O2. The summed E-state index contributed by atoms with van der Waals surface area (Å²) >= 11 is 0. The van der Waals surface area contributed by atoms with Crippen LogP contribution in [0.25, 0.3) is 0 Å². The summed E-state index contributed by atoms with van der Waals surface area (Å²) in [6, 6.07) is 0. The number of aromatic nitrogens is 2. The van der Waals surface area contributed by atoms with Gasteiger partial charge in [0.05, 0.1) is 0 Å². The molecule has 0 atom stereocenters. The SMILES string of the molecule is CC(C)C(=O)c1ncon1. The average Bonchev–Trinajstić information content (AvgIpc) is 2.36. The maximum absolute atomic E-state index is 11.0. The van der Waals surface area contributed by atoms with Crippen LogP contribution >= 0.6 is 0 Å². The third kappa shape index (κ3) is 1.21. The van der Waals surface area contributed by atoms with Crippen LogP contribution in [-0.4, -0.2) is 15.9 Å². The normalized spacial score (nSPS) is 10.3. The highest BCUT2D eigenvalue weighted by atomic mass is 16.5. The lowest BCUT2D eigenvalue weighted by molar-refractivity contribution is 0.0926. The van der Waals surface area contributed by atoms with E-state index in [0.29, 0.717) is 0 Å². The van der Waals surface area contributed by atoms with Gasteiger partial charge in [-0.3, -0.25) is 4.79 Å². The zero-order valence-electron chi connectivity index (χ0n) is 5.87. The molecule has 0 N–H and O–H groups in total. The van der Waals surface area contributed by atoms with Crippen molar-refractivity contribution in [3.05, 3.63) is 12.2 Å². The van der Waals surface area contributed by atoms with Crippen molar-refractivity contribution in [1.29, 1.82) is 0 Å².